The summed E-state index contributed by atoms with van der Waals surface area (Å²) in [5.74, 6) is 1.51. The summed E-state index contributed by atoms with van der Waals surface area (Å²) < 4.78 is 14.2. The largest absolute Gasteiger partial charge is 1.00 e. The third-order valence-corrected chi connectivity index (χ3v) is 7.56. The number of halogens is 1. The number of hydrogen-bond acceptors (Lipinski definition) is 3. The molecule has 0 atom stereocenters. The van der Waals surface area contributed by atoms with Crippen molar-refractivity contribution in [1.29, 1.82) is 0 Å². The molecule has 0 aliphatic carbocycles. The van der Waals surface area contributed by atoms with Gasteiger partial charge < -0.3 is 38.8 Å². The van der Waals surface area contributed by atoms with E-state index in [0.29, 0.717) is 12.3 Å². The first-order valence-electron chi connectivity index (χ1n) is 16.5. The van der Waals surface area contributed by atoms with Gasteiger partial charge in [-0.1, -0.05) is 105 Å². The second-order valence-electron chi connectivity index (χ2n) is 12.5. The summed E-state index contributed by atoms with van der Waals surface area (Å²) in [7, 11) is 0. The van der Waals surface area contributed by atoms with Crippen molar-refractivity contribution in [2.24, 2.45) is 0 Å². The summed E-state index contributed by atoms with van der Waals surface area (Å²) in [5, 5.41) is 2.97. The van der Waals surface area contributed by atoms with E-state index < -0.39 is 0 Å². The smallest absolute Gasteiger partial charge is 0.257 e. The van der Waals surface area contributed by atoms with Gasteiger partial charge in [-0.3, -0.25) is 4.79 Å². The Morgan fingerprint density at radius 3 is 1.95 bits per heavy atom. The van der Waals surface area contributed by atoms with Gasteiger partial charge in [-0.05, 0) is 42.0 Å². The molecule has 2 aromatic rings. The van der Waals surface area contributed by atoms with E-state index in [2.05, 4.69) is 69.0 Å². The van der Waals surface area contributed by atoms with Crippen molar-refractivity contribution in [3.63, 3.8) is 0 Å². The van der Waals surface area contributed by atoms with Crippen molar-refractivity contribution in [3.8, 4) is 11.5 Å². The fraction of sp³-hybridized carbons (Fsp3) is 0.667. The van der Waals surface area contributed by atoms with Crippen LogP contribution in [0.15, 0.2) is 42.7 Å². The molecular formula is C36H59IN2O3. The molecule has 0 spiro atoms. The number of rotatable bonds is 22. The summed E-state index contributed by atoms with van der Waals surface area (Å²) in [6.07, 6.45) is 22.2. The van der Waals surface area contributed by atoms with Crippen LogP contribution < -0.4 is 43.3 Å². The van der Waals surface area contributed by atoms with Gasteiger partial charge in [0.15, 0.2) is 19.0 Å². The van der Waals surface area contributed by atoms with Crippen LogP contribution in [0.4, 0.5) is 0 Å². The van der Waals surface area contributed by atoms with Gasteiger partial charge >= 0.3 is 0 Å². The van der Waals surface area contributed by atoms with E-state index in [4.69, 9.17) is 9.47 Å². The number of hydrogen-bond donors (Lipinski definition) is 1. The molecule has 0 unspecified atom stereocenters. The fourth-order valence-electron chi connectivity index (χ4n) is 5.04. The van der Waals surface area contributed by atoms with Crippen molar-refractivity contribution in [3.05, 3.63) is 53.9 Å². The molecule has 6 heteroatoms. The molecule has 2 rings (SSSR count). The predicted octanol–water partition coefficient (Wildman–Crippen LogP) is 5.50. The minimum Gasteiger partial charge on any atom is -1.00 e. The number of aromatic nitrogens is 1. The highest BCUT2D eigenvalue weighted by Crippen LogP contribution is 2.34. The van der Waals surface area contributed by atoms with E-state index in [0.717, 1.165) is 43.7 Å². The fourth-order valence-corrected chi connectivity index (χ4v) is 5.04. The summed E-state index contributed by atoms with van der Waals surface area (Å²) in [4.78, 5) is 12.4. The molecule has 1 aromatic heterocycles. The number of nitrogens with one attached hydrogen (secondary N) is 1. The van der Waals surface area contributed by atoms with Gasteiger partial charge in [0.05, 0.1) is 6.61 Å². The number of aryl methyl sites for hydroxylation is 1. The first kappa shape index (κ1) is 38.2. The quantitative estimate of drug-likeness (QED) is 0.101. The average Bonchev–Trinajstić information content (AvgIpc) is 2.95. The first-order valence-corrected chi connectivity index (χ1v) is 16.5. The number of ether oxygens (including phenoxy) is 2. The molecule has 1 N–H and O–H groups in total. The zero-order valence-corrected chi connectivity index (χ0v) is 29.5. The molecule has 1 aromatic carbocycles. The lowest BCUT2D eigenvalue weighted by Crippen LogP contribution is -3.00. The van der Waals surface area contributed by atoms with E-state index >= 15 is 0 Å². The van der Waals surface area contributed by atoms with Gasteiger partial charge in [-0.25, -0.2) is 4.57 Å². The monoisotopic (exact) mass is 694 g/mol. The van der Waals surface area contributed by atoms with Crippen LogP contribution in [-0.2, 0) is 23.2 Å². The van der Waals surface area contributed by atoms with Crippen LogP contribution in [0.2, 0.25) is 0 Å². The van der Waals surface area contributed by atoms with Crippen molar-refractivity contribution in [1.82, 2.24) is 5.32 Å². The molecule has 0 radical (unpaired) electrons. The molecule has 0 fully saturated rings. The number of nitrogens with zero attached hydrogens (tertiary/aromatic N) is 1. The molecule has 5 nitrogen and oxygen atoms in total. The lowest BCUT2D eigenvalue weighted by molar-refractivity contribution is -0.697. The standard InChI is InChI=1S/C36H58N2O3.HI/c1-6-8-9-10-11-12-13-14-15-16-17-18-28-40-34-20-19-32(29-33(34)36(3,4)5)41-30-35(39)37-24-21-31-22-26-38(25-7-2)27-23-31;/h19-20,22-23,26-27,29H,6-18,21,24-25,28,30H2,1-5H3;1H. The van der Waals surface area contributed by atoms with Crippen LogP contribution in [0, 0.1) is 0 Å². The highest BCUT2D eigenvalue weighted by Gasteiger charge is 2.20. The van der Waals surface area contributed by atoms with Crippen LogP contribution in [0.25, 0.3) is 0 Å². The molecule has 0 aliphatic heterocycles. The zero-order valence-electron chi connectivity index (χ0n) is 27.3. The van der Waals surface area contributed by atoms with E-state index in [1.165, 1.54) is 76.2 Å². The molecule has 0 saturated carbocycles. The minimum absolute atomic E-state index is 0. The van der Waals surface area contributed by atoms with Gasteiger partial charge in [-0.2, -0.15) is 0 Å². The Balaban J connectivity index is 0.00000882. The molecule has 1 heterocycles. The van der Waals surface area contributed by atoms with Crippen LogP contribution in [-0.4, -0.2) is 25.7 Å². The Kier molecular flexibility index (Phi) is 20.6. The van der Waals surface area contributed by atoms with Crippen LogP contribution in [0.5, 0.6) is 11.5 Å². The van der Waals surface area contributed by atoms with E-state index in [9.17, 15) is 4.79 Å². The average molecular weight is 695 g/mol. The minimum atomic E-state index is -0.105. The molecule has 0 saturated heterocycles. The first-order chi connectivity index (χ1) is 19.8. The number of carbonyl (C=O) groups excluding carboxylic acids is 1. The number of pyridine rings is 1. The highest BCUT2D eigenvalue weighted by molar-refractivity contribution is 5.77. The topological polar surface area (TPSA) is 51.4 Å². The van der Waals surface area contributed by atoms with Gasteiger partial charge in [0, 0.05) is 30.7 Å². The lowest BCUT2D eigenvalue weighted by Gasteiger charge is -2.24. The Bertz CT molecular complexity index is 973. The molecule has 42 heavy (non-hydrogen) atoms. The third-order valence-electron chi connectivity index (χ3n) is 7.56. The summed E-state index contributed by atoms with van der Waals surface area (Å²) in [6, 6.07) is 10.2. The SMILES string of the molecule is CCCCCCCCCCCCCCOc1ccc(OCC(=O)NCCc2cc[n+](CCC)cc2)cc1C(C)(C)C.[I-]. The maximum absolute atomic E-state index is 12.4. The Labute approximate surface area is 274 Å². The van der Waals surface area contributed by atoms with Crippen molar-refractivity contribution in [2.45, 2.75) is 136 Å². The van der Waals surface area contributed by atoms with Crippen LogP contribution in [0.1, 0.15) is 129 Å². The van der Waals surface area contributed by atoms with Gasteiger partial charge in [0.1, 0.15) is 18.0 Å². The maximum Gasteiger partial charge on any atom is 0.257 e. The number of amides is 1. The third kappa shape index (κ3) is 16.7. The van der Waals surface area contributed by atoms with E-state index in [1.54, 1.807) is 0 Å². The van der Waals surface area contributed by atoms with E-state index in [1.807, 2.05) is 18.2 Å². The lowest BCUT2D eigenvalue weighted by atomic mass is 9.86. The van der Waals surface area contributed by atoms with Crippen molar-refractivity contribution in [2.75, 3.05) is 19.8 Å². The summed E-state index contributed by atoms with van der Waals surface area (Å²) >= 11 is 0. The Morgan fingerprint density at radius 1 is 0.786 bits per heavy atom. The summed E-state index contributed by atoms with van der Waals surface area (Å²) in [6.45, 7) is 13.4. The van der Waals surface area contributed by atoms with Gasteiger partial charge in [-0.15, -0.1) is 0 Å². The molecule has 238 valence electrons. The molecule has 0 aliphatic rings. The number of unbranched alkanes of at least 4 members (excludes halogenated alkanes) is 11. The number of carbonyl (C=O) groups is 1. The molecular weight excluding hydrogens is 635 g/mol. The summed E-state index contributed by atoms with van der Waals surface area (Å²) in [5.41, 5.74) is 2.24. The van der Waals surface area contributed by atoms with Crippen LogP contribution >= 0.6 is 0 Å². The predicted molar refractivity (Wildman–Crippen MR) is 171 cm³/mol. The van der Waals surface area contributed by atoms with Crippen molar-refractivity contribution < 1.29 is 42.8 Å². The van der Waals surface area contributed by atoms with Gasteiger partial charge in [0.2, 0.25) is 0 Å². The normalized spacial score (nSPS) is 11.2. The molecule has 1 amide bonds. The second kappa shape index (κ2) is 22.7. The number of benzene rings is 1. The molecule has 0 bridgehead atoms. The zero-order chi connectivity index (χ0) is 29.8. The van der Waals surface area contributed by atoms with Crippen molar-refractivity contribution >= 4 is 5.91 Å². The van der Waals surface area contributed by atoms with E-state index in [-0.39, 0.29) is 41.9 Å². The Morgan fingerprint density at radius 2 is 1.38 bits per heavy atom. The van der Waals surface area contributed by atoms with Gasteiger partial charge in [0.25, 0.3) is 5.91 Å². The Hall–Kier alpha value is -1.83. The maximum atomic E-state index is 12.4. The second-order valence-corrected chi connectivity index (χ2v) is 12.5. The van der Waals surface area contributed by atoms with Crippen LogP contribution in [0.3, 0.4) is 0 Å². The highest BCUT2D eigenvalue weighted by atomic mass is 127.